The summed E-state index contributed by atoms with van der Waals surface area (Å²) in [6.07, 6.45) is 1.85. The minimum Gasteiger partial charge on any atom is -0.312 e. The molecule has 0 spiro atoms. The molecule has 138 valence electrons. The van der Waals surface area contributed by atoms with Crippen molar-refractivity contribution in [2.45, 2.75) is 38.0 Å². The van der Waals surface area contributed by atoms with Gasteiger partial charge in [0.2, 0.25) is 5.91 Å². The largest absolute Gasteiger partial charge is 0.312 e. The number of anilines is 2. The number of nitrogens with zero attached hydrogens (tertiary/aromatic N) is 1. The molecule has 0 aromatic heterocycles. The van der Waals surface area contributed by atoms with Gasteiger partial charge in [-0.25, -0.2) is 12.8 Å². The molecule has 0 aliphatic carbocycles. The molecule has 3 rings (SSSR count). The minimum atomic E-state index is -3.82. The van der Waals surface area contributed by atoms with Gasteiger partial charge in [-0.3, -0.25) is 9.52 Å². The van der Waals surface area contributed by atoms with Crippen molar-refractivity contribution in [1.29, 1.82) is 0 Å². The van der Waals surface area contributed by atoms with Gasteiger partial charge >= 0.3 is 0 Å². The first-order chi connectivity index (χ1) is 12.3. The standard InChI is InChI=1S/C19H21FN2O3S/c1-3-10-22-17-7-6-16(12-14(17)4-9-19(22)23)21-26(24,25)18-8-5-15(20)11-13(18)2/h5-8,11-12,21H,3-4,9-10H2,1-2H3. The van der Waals surface area contributed by atoms with Crippen LogP contribution in [0, 0.1) is 12.7 Å². The van der Waals surface area contributed by atoms with E-state index in [2.05, 4.69) is 4.72 Å². The quantitative estimate of drug-likeness (QED) is 0.867. The number of benzene rings is 2. The Morgan fingerprint density at radius 3 is 2.62 bits per heavy atom. The second-order valence-electron chi connectivity index (χ2n) is 6.40. The molecule has 1 aliphatic rings. The van der Waals surface area contributed by atoms with Crippen molar-refractivity contribution < 1.29 is 17.6 Å². The van der Waals surface area contributed by atoms with E-state index in [1.807, 2.05) is 6.92 Å². The van der Waals surface area contributed by atoms with E-state index in [-0.39, 0.29) is 10.8 Å². The highest BCUT2D eigenvalue weighted by molar-refractivity contribution is 7.92. The fourth-order valence-corrected chi connectivity index (χ4v) is 4.49. The van der Waals surface area contributed by atoms with E-state index in [1.54, 1.807) is 30.0 Å². The van der Waals surface area contributed by atoms with Gasteiger partial charge in [0.15, 0.2) is 0 Å². The van der Waals surface area contributed by atoms with Gasteiger partial charge in [-0.1, -0.05) is 6.92 Å². The maximum Gasteiger partial charge on any atom is 0.262 e. The van der Waals surface area contributed by atoms with Crippen molar-refractivity contribution in [2.75, 3.05) is 16.2 Å². The Morgan fingerprint density at radius 1 is 1.15 bits per heavy atom. The molecule has 1 amide bonds. The zero-order valence-electron chi connectivity index (χ0n) is 14.8. The Kier molecular flexibility index (Phi) is 5.00. The smallest absolute Gasteiger partial charge is 0.262 e. The van der Waals surface area contributed by atoms with Crippen molar-refractivity contribution in [3.8, 4) is 0 Å². The number of hydrogen-bond acceptors (Lipinski definition) is 3. The van der Waals surface area contributed by atoms with Crippen LogP contribution < -0.4 is 9.62 Å². The topological polar surface area (TPSA) is 66.5 Å². The van der Waals surface area contributed by atoms with Crippen LogP contribution in [0.3, 0.4) is 0 Å². The first-order valence-electron chi connectivity index (χ1n) is 8.54. The predicted molar refractivity (Wildman–Crippen MR) is 99.4 cm³/mol. The monoisotopic (exact) mass is 376 g/mol. The van der Waals surface area contributed by atoms with E-state index in [1.165, 1.54) is 12.1 Å². The molecular weight excluding hydrogens is 355 g/mol. The number of halogens is 1. The number of nitrogens with one attached hydrogen (secondary N) is 1. The van der Waals surface area contributed by atoms with E-state index < -0.39 is 15.8 Å². The Labute approximate surface area is 152 Å². The van der Waals surface area contributed by atoms with E-state index >= 15 is 0 Å². The van der Waals surface area contributed by atoms with E-state index in [9.17, 15) is 17.6 Å². The summed E-state index contributed by atoms with van der Waals surface area (Å²) in [6, 6.07) is 8.76. The lowest BCUT2D eigenvalue weighted by Gasteiger charge is -2.29. The third-order valence-corrected chi connectivity index (χ3v) is 5.95. The summed E-state index contributed by atoms with van der Waals surface area (Å²) in [5.41, 5.74) is 2.55. The summed E-state index contributed by atoms with van der Waals surface area (Å²) in [7, 11) is -3.82. The van der Waals surface area contributed by atoms with Crippen LogP contribution in [0.2, 0.25) is 0 Å². The summed E-state index contributed by atoms with van der Waals surface area (Å²) >= 11 is 0. The van der Waals surface area contributed by atoms with Crippen LogP contribution in [0.1, 0.15) is 30.9 Å². The van der Waals surface area contributed by atoms with E-state index in [4.69, 9.17) is 0 Å². The van der Waals surface area contributed by atoms with Crippen molar-refractivity contribution in [3.63, 3.8) is 0 Å². The van der Waals surface area contributed by atoms with Gasteiger partial charge in [-0.2, -0.15) is 0 Å². The molecule has 0 atom stereocenters. The Balaban J connectivity index is 1.90. The SMILES string of the molecule is CCCN1C(=O)CCc2cc(NS(=O)(=O)c3ccc(F)cc3C)ccc21. The van der Waals surface area contributed by atoms with Crippen molar-refractivity contribution in [1.82, 2.24) is 0 Å². The molecule has 0 radical (unpaired) electrons. The maximum absolute atomic E-state index is 13.2. The Hall–Kier alpha value is -2.41. The van der Waals surface area contributed by atoms with Gasteiger partial charge < -0.3 is 4.90 Å². The lowest BCUT2D eigenvalue weighted by Crippen LogP contribution is -2.35. The molecular formula is C19H21FN2O3S. The second kappa shape index (κ2) is 7.07. The average Bonchev–Trinajstić information content (AvgIpc) is 2.57. The summed E-state index contributed by atoms with van der Waals surface area (Å²) in [4.78, 5) is 13.9. The minimum absolute atomic E-state index is 0.0411. The summed E-state index contributed by atoms with van der Waals surface area (Å²) in [5.74, 6) is -0.384. The maximum atomic E-state index is 13.2. The first kappa shape index (κ1) is 18.4. The number of aryl methyl sites for hydroxylation is 2. The van der Waals surface area contributed by atoms with Crippen LogP contribution in [-0.4, -0.2) is 20.9 Å². The fourth-order valence-electron chi connectivity index (χ4n) is 3.22. The van der Waals surface area contributed by atoms with Crippen molar-refractivity contribution >= 4 is 27.3 Å². The number of rotatable bonds is 5. The average molecular weight is 376 g/mol. The third-order valence-electron chi connectivity index (χ3n) is 4.41. The Bertz CT molecular complexity index is 957. The molecule has 26 heavy (non-hydrogen) atoms. The van der Waals surface area contributed by atoms with Gasteiger partial charge in [-0.05, 0) is 67.3 Å². The van der Waals surface area contributed by atoms with Crippen LogP contribution in [0.4, 0.5) is 15.8 Å². The molecule has 7 heteroatoms. The predicted octanol–water partition coefficient (Wildman–Crippen LogP) is 3.62. The van der Waals surface area contributed by atoms with Crippen LogP contribution in [0.15, 0.2) is 41.3 Å². The van der Waals surface area contributed by atoms with Crippen molar-refractivity contribution in [2.24, 2.45) is 0 Å². The molecule has 1 aliphatic heterocycles. The molecule has 1 heterocycles. The zero-order valence-corrected chi connectivity index (χ0v) is 15.6. The summed E-state index contributed by atoms with van der Waals surface area (Å²) < 4.78 is 41.0. The molecule has 5 nitrogen and oxygen atoms in total. The van der Waals surface area contributed by atoms with Crippen molar-refractivity contribution in [3.05, 3.63) is 53.3 Å². The highest BCUT2D eigenvalue weighted by Crippen LogP contribution is 2.31. The van der Waals surface area contributed by atoms with Gasteiger partial charge in [-0.15, -0.1) is 0 Å². The van der Waals surface area contributed by atoms with Gasteiger partial charge in [0.05, 0.1) is 4.90 Å². The lowest BCUT2D eigenvalue weighted by atomic mass is 10.0. The van der Waals surface area contributed by atoms with Crippen LogP contribution in [0.25, 0.3) is 0 Å². The second-order valence-corrected chi connectivity index (χ2v) is 8.06. The van der Waals surface area contributed by atoms with Crippen LogP contribution in [-0.2, 0) is 21.2 Å². The van der Waals surface area contributed by atoms with Gasteiger partial charge in [0.1, 0.15) is 5.82 Å². The van der Waals surface area contributed by atoms with E-state index in [0.717, 1.165) is 23.7 Å². The number of hydrogen-bond donors (Lipinski definition) is 1. The molecule has 0 saturated carbocycles. The highest BCUT2D eigenvalue weighted by atomic mass is 32.2. The van der Waals surface area contributed by atoms with Gasteiger partial charge in [0, 0.05) is 24.3 Å². The number of fused-ring (bicyclic) bond motifs is 1. The molecule has 0 fully saturated rings. The molecule has 2 aromatic rings. The summed E-state index contributed by atoms with van der Waals surface area (Å²) in [6.45, 7) is 4.21. The molecule has 2 aromatic carbocycles. The first-order valence-corrected chi connectivity index (χ1v) is 10.0. The van der Waals surface area contributed by atoms with Gasteiger partial charge in [0.25, 0.3) is 10.0 Å². The highest BCUT2D eigenvalue weighted by Gasteiger charge is 2.24. The molecule has 0 saturated heterocycles. The van der Waals surface area contributed by atoms with Crippen LogP contribution >= 0.6 is 0 Å². The Morgan fingerprint density at radius 2 is 1.92 bits per heavy atom. The number of carbonyl (C=O) groups is 1. The third kappa shape index (κ3) is 3.58. The lowest BCUT2D eigenvalue weighted by molar-refractivity contribution is -0.118. The number of carbonyl (C=O) groups excluding carboxylic acids is 1. The number of sulfonamides is 1. The van der Waals surface area contributed by atoms with Crippen LogP contribution in [0.5, 0.6) is 0 Å². The molecule has 0 bridgehead atoms. The fraction of sp³-hybridized carbons (Fsp3) is 0.316. The normalized spacial score (nSPS) is 14.3. The number of amides is 1. The van der Waals surface area contributed by atoms with E-state index in [0.29, 0.717) is 30.6 Å². The molecule has 1 N–H and O–H groups in total. The summed E-state index contributed by atoms with van der Waals surface area (Å²) in [5, 5.41) is 0. The molecule has 0 unspecified atom stereocenters. The zero-order chi connectivity index (χ0) is 18.9.